The Hall–Kier alpha value is -0.120. The van der Waals surface area contributed by atoms with Crippen LogP contribution in [0.1, 0.15) is 60.3 Å². The van der Waals surface area contributed by atoms with Crippen molar-refractivity contribution in [2.75, 3.05) is 19.8 Å². The molecule has 0 aromatic heterocycles. The van der Waals surface area contributed by atoms with Gasteiger partial charge in [-0.3, -0.25) is 0 Å². The standard InChI is InChI=1S/C15H32O3/c1-6-8-9-13(7-2)10-17-11-14(16)12-18-15(3,4)5/h13-14,16H,6-12H2,1-5H3. The van der Waals surface area contributed by atoms with Crippen LogP contribution in [0, 0.1) is 5.92 Å². The van der Waals surface area contributed by atoms with Crippen molar-refractivity contribution in [1.29, 1.82) is 0 Å². The van der Waals surface area contributed by atoms with Gasteiger partial charge in [-0.2, -0.15) is 0 Å². The Labute approximate surface area is 113 Å². The van der Waals surface area contributed by atoms with E-state index in [4.69, 9.17) is 9.47 Å². The minimum absolute atomic E-state index is 0.200. The number of unbranched alkanes of at least 4 members (excludes halogenated alkanes) is 1. The smallest absolute Gasteiger partial charge is 0.101 e. The van der Waals surface area contributed by atoms with Gasteiger partial charge in [0.25, 0.3) is 0 Å². The second kappa shape index (κ2) is 9.76. The third kappa shape index (κ3) is 11.0. The van der Waals surface area contributed by atoms with Crippen LogP contribution in [0.4, 0.5) is 0 Å². The highest BCUT2D eigenvalue weighted by atomic mass is 16.5. The first-order valence-electron chi connectivity index (χ1n) is 7.28. The van der Waals surface area contributed by atoms with Gasteiger partial charge in [-0.05, 0) is 33.1 Å². The number of rotatable bonds is 10. The van der Waals surface area contributed by atoms with Gasteiger partial charge in [0.15, 0.2) is 0 Å². The molecule has 3 heteroatoms. The van der Waals surface area contributed by atoms with Crippen LogP contribution in [0.5, 0.6) is 0 Å². The number of ether oxygens (including phenoxy) is 2. The zero-order valence-electron chi connectivity index (χ0n) is 12.9. The SMILES string of the molecule is CCCCC(CC)COCC(O)COC(C)(C)C. The van der Waals surface area contributed by atoms with E-state index in [0.29, 0.717) is 19.1 Å². The Morgan fingerprint density at radius 2 is 1.72 bits per heavy atom. The van der Waals surface area contributed by atoms with Crippen molar-refractivity contribution in [1.82, 2.24) is 0 Å². The topological polar surface area (TPSA) is 38.7 Å². The van der Waals surface area contributed by atoms with Crippen LogP contribution >= 0.6 is 0 Å². The molecule has 0 radical (unpaired) electrons. The minimum Gasteiger partial charge on any atom is -0.388 e. The van der Waals surface area contributed by atoms with Crippen LogP contribution in [-0.2, 0) is 9.47 Å². The summed E-state index contributed by atoms with van der Waals surface area (Å²) in [5.41, 5.74) is -0.200. The van der Waals surface area contributed by atoms with Crippen LogP contribution in [0.15, 0.2) is 0 Å². The molecule has 0 spiro atoms. The fourth-order valence-corrected chi connectivity index (χ4v) is 1.66. The summed E-state index contributed by atoms with van der Waals surface area (Å²) < 4.78 is 11.1. The summed E-state index contributed by atoms with van der Waals surface area (Å²) in [4.78, 5) is 0. The molecule has 0 saturated carbocycles. The van der Waals surface area contributed by atoms with Gasteiger partial charge in [-0.25, -0.2) is 0 Å². The fourth-order valence-electron chi connectivity index (χ4n) is 1.66. The molecule has 0 fully saturated rings. The highest BCUT2D eigenvalue weighted by molar-refractivity contribution is 4.62. The van der Waals surface area contributed by atoms with Crippen LogP contribution in [-0.4, -0.2) is 36.6 Å². The number of hydrogen-bond donors (Lipinski definition) is 1. The molecule has 110 valence electrons. The summed E-state index contributed by atoms with van der Waals surface area (Å²) in [6.07, 6.45) is 4.35. The molecule has 18 heavy (non-hydrogen) atoms. The first kappa shape index (κ1) is 17.9. The van der Waals surface area contributed by atoms with Crippen LogP contribution in [0.2, 0.25) is 0 Å². The van der Waals surface area contributed by atoms with Crippen LogP contribution < -0.4 is 0 Å². The normalized spacial score (nSPS) is 15.7. The zero-order chi connectivity index (χ0) is 14.0. The summed E-state index contributed by atoms with van der Waals surface area (Å²) in [6.45, 7) is 11.8. The van der Waals surface area contributed by atoms with Gasteiger partial charge in [0.05, 0.1) is 18.8 Å². The molecule has 0 amide bonds. The van der Waals surface area contributed by atoms with Gasteiger partial charge in [-0.15, -0.1) is 0 Å². The number of aliphatic hydroxyl groups excluding tert-OH is 1. The van der Waals surface area contributed by atoms with E-state index in [9.17, 15) is 5.11 Å². The lowest BCUT2D eigenvalue weighted by Gasteiger charge is -2.22. The molecule has 0 aromatic rings. The fraction of sp³-hybridized carbons (Fsp3) is 1.00. The molecule has 2 atom stereocenters. The van der Waals surface area contributed by atoms with Gasteiger partial charge in [0, 0.05) is 6.61 Å². The lowest BCUT2D eigenvalue weighted by atomic mass is 10.0. The molecule has 0 aliphatic heterocycles. The Morgan fingerprint density at radius 1 is 1.06 bits per heavy atom. The van der Waals surface area contributed by atoms with Crippen LogP contribution in [0.25, 0.3) is 0 Å². The highest BCUT2D eigenvalue weighted by Crippen LogP contribution is 2.13. The van der Waals surface area contributed by atoms with Gasteiger partial charge < -0.3 is 14.6 Å². The predicted octanol–water partition coefficient (Wildman–Crippen LogP) is 3.40. The van der Waals surface area contributed by atoms with Crippen LogP contribution in [0.3, 0.4) is 0 Å². The van der Waals surface area contributed by atoms with Gasteiger partial charge in [-0.1, -0.05) is 33.1 Å². The Kier molecular flexibility index (Phi) is 9.70. The Morgan fingerprint density at radius 3 is 2.22 bits per heavy atom. The van der Waals surface area contributed by atoms with E-state index in [0.717, 1.165) is 13.0 Å². The molecule has 2 unspecified atom stereocenters. The molecule has 1 N–H and O–H groups in total. The summed E-state index contributed by atoms with van der Waals surface area (Å²) in [5.74, 6) is 0.626. The quantitative estimate of drug-likeness (QED) is 0.654. The average Bonchev–Trinajstić information content (AvgIpc) is 2.30. The molecule has 0 saturated heterocycles. The molecule has 0 aliphatic rings. The molecule has 0 aromatic carbocycles. The minimum atomic E-state index is -0.520. The van der Waals surface area contributed by atoms with E-state index in [1.807, 2.05) is 20.8 Å². The molecule has 0 heterocycles. The van der Waals surface area contributed by atoms with Gasteiger partial charge in [0.1, 0.15) is 6.10 Å². The summed E-state index contributed by atoms with van der Waals surface area (Å²) in [5, 5.41) is 9.72. The Balaban J connectivity index is 3.62. The van der Waals surface area contributed by atoms with Crippen molar-refractivity contribution in [2.24, 2.45) is 5.92 Å². The first-order valence-corrected chi connectivity index (χ1v) is 7.28. The van der Waals surface area contributed by atoms with Crippen molar-refractivity contribution >= 4 is 0 Å². The molecular weight excluding hydrogens is 228 g/mol. The van der Waals surface area contributed by atoms with Gasteiger partial charge >= 0.3 is 0 Å². The lowest BCUT2D eigenvalue weighted by Crippen LogP contribution is -2.29. The molecular formula is C15H32O3. The van der Waals surface area contributed by atoms with Crippen molar-refractivity contribution in [2.45, 2.75) is 72.0 Å². The molecule has 0 rings (SSSR count). The Bertz CT molecular complexity index is 187. The largest absolute Gasteiger partial charge is 0.388 e. The number of hydrogen-bond acceptors (Lipinski definition) is 3. The summed E-state index contributed by atoms with van der Waals surface area (Å²) in [6, 6.07) is 0. The highest BCUT2D eigenvalue weighted by Gasteiger charge is 2.14. The summed E-state index contributed by atoms with van der Waals surface area (Å²) in [7, 11) is 0. The van der Waals surface area contributed by atoms with E-state index >= 15 is 0 Å². The molecule has 0 bridgehead atoms. The van der Waals surface area contributed by atoms with E-state index in [2.05, 4.69) is 13.8 Å². The second-order valence-electron chi connectivity index (χ2n) is 6.03. The molecule has 3 nitrogen and oxygen atoms in total. The maximum absolute atomic E-state index is 9.72. The maximum atomic E-state index is 9.72. The second-order valence-corrected chi connectivity index (χ2v) is 6.03. The average molecular weight is 260 g/mol. The third-order valence-corrected chi connectivity index (χ3v) is 2.92. The van der Waals surface area contributed by atoms with Crippen molar-refractivity contribution in [3.8, 4) is 0 Å². The van der Waals surface area contributed by atoms with E-state index in [-0.39, 0.29) is 5.60 Å². The maximum Gasteiger partial charge on any atom is 0.101 e. The van der Waals surface area contributed by atoms with E-state index in [1.54, 1.807) is 0 Å². The van der Waals surface area contributed by atoms with Crippen molar-refractivity contribution in [3.05, 3.63) is 0 Å². The van der Waals surface area contributed by atoms with E-state index < -0.39 is 6.10 Å². The zero-order valence-corrected chi connectivity index (χ0v) is 12.9. The van der Waals surface area contributed by atoms with E-state index in [1.165, 1.54) is 19.3 Å². The predicted molar refractivity (Wildman–Crippen MR) is 75.8 cm³/mol. The molecule has 0 aliphatic carbocycles. The van der Waals surface area contributed by atoms with Crippen molar-refractivity contribution in [3.63, 3.8) is 0 Å². The van der Waals surface area contributed by atoms with Gasteiger partial charge in [0.2, 0.25) is 0 Å². The lowest BCUT2D eigenvalue weighted by molar-refractivity contribution is -0.0744. The van der Waals surface area contributed by atoms with Crippen molar-refractivity contribution < 1.29 is 14.6 Å². The first-order chi connectivity index (χ1) is 8.39. The number of aliphatic hydroxyl groups is 1. The summed E-state index contributed by atoms with van der Waals surface area (Å²) >= 11 is 0. The third-order valence-electron chi connectivity index (χ3n) is 2.92. The monoisotopic (exact) mass is 260 g/mol.